The van der Waals surface area contributed by atoms with Crippen molar-refractivity contribution >= 4 is 50.5 Å². The van der Waals surface area contributed by atoms with Crippen LogP contribution in [0.3, 0.4) is 0 Å². The average Bonchev–Trinajstić information content (AvgIpc) is 2.55. The summed E-state index contributed by atoms with van der Waals surface area (Å²) in [7, 11) is -3.62. The molecule has 1 saturated heterocycles. The number of aromatic nitrogens is 1. The summed E-state index contributed by atoms with van der Waals surface area (Å²) in [5, 5.41) is 1.12. The molecule has 3 rings (SSSR count). The van der Waals surface area contributed by atoms with E-state index in [0.717, 1.165) is 0 Å². The van der Waals surface area contributed by atoms with Gasteiger partial charge in [-0.3, -0.25) is 4.98 Å². The van der Waals surface area contributed by atoms with Crippen LogP contribution in [0.25, 0.3) is 0 Å². The summed E-state index contributed by atoms with van der Waals surface area (Å²) >= 11 is 18.4. The molecule has 128 valence electrons. The fraction of sp³-hybridized carbons (Fsp3) is 0.267. The van der Waals surface area contributed by atoms with Crippen molar-refractivity contribution in [2.45, 2.75) is 4.90 Å². The third-order valence-corrected chi connectivity index (χ3v) is 6.79. The van der Waals surface area contributed by atoms with E-state index in [1.807, 2.05) is 4.90 Å². The predicted octanol–water partition coefficient (Wildman–Crippen LogP) is 3.55. The first-order valence-corrected chi connectivity index (χ1v) is 9.77. The van der Waals surface area contributed by atoms with Crippen LogP contribution in [0.2, 0.25) is 15.1 Å². The van der Waals surface area contributed by atoms with Crippen molar-refractivity contribution in [3.8, 4) is 0 Å². The molecular weight excluding hydrogens is 393 g/mol. The molecule has 0 radical (unpaired) electrons. The van der Waals surface area contributed by atoms with Crippen molar-refractivity contribution in [2.24, 2.45) is 0 Å². The summed E-state index contributed by atoms with van der Waals surface area (Å²) in [5.74, 6) is 0. The van der Waals surface area contributed by atoms with E-state index in [9.17, 15) is 8.42 Å². The zero-order valence-corrected chi connectivity index (χ0v) is 15.6. The van der Waals surface area contributed by atoms with Gasteiger partial charge in [0, 0.05) is 38.6 Å². The van der Waals surface area contributed by atoms with Gasteiger partial charge in [-0.2, -0.15) is 4.31 Å². The van der Waals surface area contributed by atoms with E-state index in [1.54, 1.807) is 18.2 Å². The number of rotatable bonds is 3. The van der Waals surface area contributed by atoms with Crippen molar-refractivity contribution in [2.75, 3.05) is 31.1 Å². The van der Waals surface area contributed by atoms with Gasteiger partial charge in [0.1, 0.15) is 4.90 Å². The molecule has 0 spiro atoms. The highest BCUT2D eigenvalue weighted by molar-refractivity contribution is 7.89. The standard InChI is InChI=1S/C15H14Cl3N3O2S/c16-11-3-1-2-4-14(11)24(22,23)21-7-5-20(6-8-21)15-12(17)9-19-10-13(15)18/h1-4,9-10H,5-8H2. The van der Waals surface area contributed by atoms with Crippen molar-refractivity contribution < 1.29 is 8.42 Å². The lowest BCUT2D eigenvalue weighted by atomic mass is 10.3. The van der Waals surface area contributed by atoms with Gasteiger partial charge in [0.05, 0.1) is 20.8 Å². The molecule has 0 saturated carbocycles. The molecule has 0 amide bonds. The maximum atomic E-state index is 12.7. The smallest absolute Gasteiger partial charge is 0.244 e. The molecule has 0 N–H and O–H groups in total. The van der Waals surface area contributed by atoms with Crippen LogP contribution in [0.15, 0.2) is 41.6 Å². The normalized spacial score (nSPS) is 16.4. The lowest BCUT2D eigenvalue weighted by Gasteiger charge is -2.36. The van der Waals surface area contributed by atoms with Crippen LogP contribution in [0.5, 0.6) is 0 Å². The summed E-state index contributed by atoms with van der Waals surface area (Å²) in [6, 6.07) is 6.44. The van der Waals surface area contributed by atoms with Crippen molar-refractivity contribution in [3.63, 3.8) is 0 Å². The number of benzene rings is 1. The van der Waals surface area contributed by atoms with Crippen LogP contribution in [-0.4, -0.2) is 43.9 Å². The molecule has 5 nitrogen and oxygen atoms in total. The van der Waals surface area contributed by atoms with Gasteiger partial charge in [-0.15, -0.1) is 0 Å². The Kier molecular flexibility index (Phi) is 5.22. The Morgan fingerprint density at radius 1 is 0.875 bits per heavy atom. The fourth-order valence-corrected chi connectivity index (χ4v) is 5.17. The zero-order valence-electron chi connectivity index (χ0n) is 12.5. The van der Waals surface area contributed by atoms with Crippen LogP contribution < -0.4 is 4.90 Å². The second-order valence-electron chi connectivity index (χ2n) is 5.27. The fourth-order valence-electron chi connectivity index (χ4n) is 2.65. The minimum absolute atomic E-state index is 0.125. The van der Waals surface area contributed by atoms with Gasteiger partial charge >= 0.3 is 0 Å². The van der Waals surface area contributed by atoms with Gasteiger partial charge in [-0.25, -0.2) is 8.42 Å². The van der Waals surface area contributed by atoms with Gasteiger partial charge in [0.25, 0.3) is 0 Å². The number of sulfonamides is 1. The molecule has 2 aromatic rings. The SMILES string of the molecule is O=S(=O)(c1ccccc1Cl)N1CCN(c2c(Cl)cncc2Cl)CC1. The number of halogens is 3. The van der Waals surface area contributed by atoms with E-state index >= 15 is 0 Å². The number of nitrogens with zero attached hydrogens (tertiary/aromatic N) is 3. The Balaban J connectivity index is 1.79. The topological polar surface area (TPSA) is 53.5 Å². The van der Waals surface area contributed by atoms with Gasteiger partial charge in [-0.05, 0) is 12.1 Å². The lowest BCUT2D eigenvalue weighted by molar-refractivity contribution is 0.385. The molecule has 1 aromatic carbocycles. The Labute approximate surface area is 155 Å². The van der Waals surface area contributed by atoms with Gasteiger partial charge in [0.15, 0.2) is 0 Å². The number of pyridine rings is 1. The summed E-state index contributed by atoms with van der Waals surface area (Å²) in [6.07, 6.45) is 3.05. The molecule has 1 aliphatic rings. The van der Waals surface area contributed by atoms with E-state index in [-0.39, 0.29) is 9.92 Å². The summed E-state index contributed by atoms with van der Waals surface area (Å²) < 4.78 is 26.9. The largest absolute Gasteiger partial charge is 0.366 e. The zero-order chi connectivity index (χ0) is 17.3. The highest BCUT2D eigenvalue weighted by Gasteiger charge is 2.31. The number of hydrogen-bond donors (Lipinski definition) is 0. The molecule has 0 aliphatic carbocycles. The molecule has 1 aliphatic heterocycles. The first-order valence-electron chi connectivity index (χ1n) is 7.20. The van der Waals surface area contributed by atoms with E-state index in [2.05, 4.69) is 4.98 Å². The lowest BCUT2D eigenvalue weighted by Crippen LogP contribution is -2.48. The predicted molar refractivity (Wildman–Crippen MR) is 96.7 cm³/mol. The highest BCUT2D eigenvalue weighted by Crippen LogP contribution is 2.34. The second kappa shape index (κ2) is 7.06. The third-order valence-electron chi connectivity index (χ3n) is 3.84. The minimum Gasteiger partial charge on any atom is -0.366 e. The molecule has 9 heteroatoms. The maximum Gasteiger partial charge on any atom is 0.244 e. The molecule has 1 aromatic heterocycles. The molecule has 0 atom stereocenters. The first-order chi connectivity index (χ1) is 11.4. The Hall–Kier alpha value is -1.05. The number of anilines is 1. The van der Waals surface area contributed by atoms with Crippen molar-refractivity contribution in [3.05, 3.63) is 51.7 Å². The van der Waals surface area contributed by atoms with Gasteiger partial charge in [0.2, 0.25) is 10.0 Å². The van der Waals surface area contributed by atoms with Crippen LogP contribution in [0.1, 0.15) is 0 Å². The molecule has 0 bridgehead atoms. The third kappa shape index (κ3) is 3.34. The van der Waals surface area contributed by atoms with E-state index < -0.39 is 10.0 Å². The van der Waals surface area contributed by atoms with Crippen molar-refractivity contribution in [1.29, 1.82) is 0 Å². The summed E-state index contributed by atoms with van der Waals surface area (Å²) in [5.41, 5.74) is 0.683. The number of piperazine rings is 1. The Morgan fingerprint density at radius 2 is 1.46 bits per heavy atom. The van der Waals surface area contributed by atoms with Gasteiger partial charge < -0.3 is 4.90 Å². The molecule has 0 unspecified atom stereocenters. The average molecular weight is 407 g/mol. The van der Waals surface area contributed by atoms with E-state index in [1.165, 1.54) is 22.8 Å². The second-order valence-corrected chi connectivity index (χ2v) is 8.40. The van der Waals surface area contributed by atoms with E-state index in [0.29, 0.717) is 41.9 Å². The summed E-state index contributed by atoms with van der Waals surface area (Å²) in [4.78, 5) is 6.02. The van der Waals surface area contributed by atoms with Gasteiger partial charge in [-0.1, -0.05) is 46.9 Å². The van der Waals surface area contributed by atoms with Crippen LogP contribution in [0, 0.1) is 0 Å². The van der Waals surface area contributed by atoms with Crippen LogP contribution in [-0.2, 0) is 10.0 Å². The van der Waals surface area contributed by atoms with Crippen molar-refractivity contribution in [1.82, 2.24) is 9.29 Å². The van der Waals surface area contributed by atoms with Crippen LogP contribution in [0.4, 0.5) is 5.69 Å². The molecule has 2 heterocycles. The van der Waals surface area contributed by atoms with Crippen LogP contribution >= 0.6 is 34.8 Å². The molecule has 24 heavy (non-hydrogen) atoms. The highest BCUT2D eigenvalue weighted by atomic mass is 35.5. The molecule has 1 fully saturated rings. The quantitative estimate of drug-likeness (QED) is 0.782. The minimum atomic E-state index is -3.62. The summed E-state index contributed by atoms with van der Waals surface area (Å²) in [6.45, 7) is 1.60. The Morgan fingerprint density at radius 3 is 2.04 bits per heavy atom. The number of hydrogen-bond acceptors (Lipinski definition) is 4. The monoisotopic (exact) mass is 405 g/mol. The maximum absolute atomic E-state index is 12.7. The first kappa shape index (κ1) is 17.8. The molecular formula is C15H14Cl3N3O2S. The van der Waals surface area contributed by atoms with E-state index in [4.69, 9.17) is 34.8 Å². The Bertz CT molecular complexity index is 833.